The van der Waals surface area contributed by atoms with Gasteiger partial charge in [0.25, 0.3) is 5.91 Å². The van der Waals surface area contributed by atoms with Gasteiger partial charge in [-0.25, -0.2) is 0 Å². The van der Waals surface area contributed by atoms with Crippen molar-refractivity contribution in [3.05, 3.63) is 47.1 Å². The average Bonchev–Trinajstić information content (AvgIpc) is 3.05. The van der Waals surface area contributed by atoms with Crippen molar-refractivity contribution >= 4 is 40.3 Å². The number of hydrogen-bond acceptors (Lipinski definition) is 5. The molecule has 1 aromatic heterocycles. The smallest absolute Gasteiger partial charge is 0.266 e. The molecule has 0 saturated carbocycles. The predicted molar refractivity (Wildman–Crippen MR) is 91.4 cm³/mol. The number of carbonyl (C=O) groups is 1. The zero-order chi connectivity index (χ0) is 15.7. The third-order valence-corrected chi connectivity index (χ3v) is 4.64. The minimum absolute atomic E-state index is 0.0991. The molecule has 0 aliphatic carbocycles. The van der Waals surface area contributed by atoms with Crippen LogP contribution in [0.4, 0.5) is 0 Å². The number of thiocarbonyl (C=S) groups is 1. The summed E-state index contributed by atoms with van der Waals surface area (Å²) in [5.41, 5.74) is 0.614. The van der Waals surface area contributed by atoms with E-state index in [0.29, 0.717) is 32.9 Å². The number of furan rings is 1. The number of carbonyl (C=O) groups excluding carboxylic acids is 1. The van der Waals surface area contributed by atoms with Crippen LogP contribution in [0, 0.1) is 0 Å². The van der Waals surface area contributed by atoms with E-state index in [1.807, 2.05) is 13.0 Å². The second kappa shape index (κ2) is 5.98. The fraction of sp³-hybridized carbons (Fsp3) is 0.125. The van der Waals surface area contributed by atoms with Crippen molar-refractivity contribution in [2.75, 3.05) is 6.54 Å². The molecule has 2 aromatic rings. The topological polar surface area (TPSA) is 53.7 Å². The molecule has 1 N–H and O–H groups in total. The maximum atomic E-state index is 12.1. The van der Waals surface area contributed by atoms with E-state index in [9.17, 15) is 9.90 Å². The molecular formula is C16H13NO3S2. The maximum Gasteiger partial charge on any atom is 0.266 e. The second-order valence-electron chi connectivity index (χ2n) is 4.65. The zero-order valence-corrected chi connectivity index (χ0v) is 13.4. The molecule has 0 atom stereocenters. The molecule has 0 radical (unpaired) electrons. The summed E-state index contributed by atoms with van der Waals surface area (Å²) in [6.07, 6.45) is 1.68. The number of hydrogen-bond donors (Lipinski definition) is 1. The van der Waals surface area contributed by atoms with E-state index in [1.54, 1.807) is 41.3 Å². The van der Waals surface area contributed by atoms with E-state index < -0.39 is 0 Å². The fourth-order valence-corrected chi connectivity index (χ4v) is 3.52. The SMILES string of the molecule is CCN1C(=O)/C(=C\c2ccc(-c3ccccc3O)o2)SC1=S. The monoisotopic (exact) mass is 331 g/mol. The number of likely N-dealkylation sites (N-methyl/N-ethyl adjacent to an activating group) is 1. The van der Waals surface area contributed by atoms with Crippen LogP contribution in [0.15, 0.2) is 45.7 Å². The minimum atomic E-state index is -0.0991. The van der Waals surface area contributed by atoms with Crippen LogP contribution in [0.1, 0.15) is 12.7 Å². The summed E-state index contributed by atoms with van der Waals surface area (Å²) in [5, 5.41) is 9.84. The number of amides is 1. The van der Waals surface area contributed by atoms with E-state index >= 15 is 0 Å². The summed E-state index contributed by atoms with van der Waals surface area (Å²) >= 11 is 6.44. The lowest BCUT2D eigenvalue weighted by Gasteiger charge is -2.09. The van der Waals surface area contributed by atoms with E-state index in [4.69, 9.17) is 16.6 Å². The molecule has 22 heavy (non-hydrogen) atoms. The minimum Gasteiger partial charge on any atom is -0.507 e. The third-order valence-electron chi connectivity index (χ3n) is 3.26. The lowest BCUT2D eigenvalue weighted by Crippen LogP contribution is -2.27. The van der Waals surface area contributed by atoms with Crippen molar-refractivity contribution < 1.29 is 14.3 Å². The van der Waals surface area contributed by atoms with Crippen LogP contribution in [-0.4, -0.2) is 26.8 Å². The molecule has 112 valence electrons. The lowest BCUT2D eigenvalue weighted by molar-refractivity contribution is -0.121. The van der Waals surface area contributed by atoms with Crippen LogP contribution in [0.2, 0.25) is 0 Å². The molecule has 1 saturated heterocycles. The maximum absolute atomic E-state index is 12.1. The Hall–Kier alpha value is -2.05. The van der Waals surface area contributed by atoms with Gasteiger partial charge in [0.1, 0.15) is 21.6 Å². The highest BCUT2D eigenvalue weighted by atomic mass is 32.2. The Morgan fingerprint density at radius 3 is 2.77 bits per heavy atom. The van der Waals surface area contributed by atoms with Gasteiger partial charge in [0, 0.05) is 12.6 Å². The number of nitrogens with zero attached hydrogens (tertiary/aromatic N) is 1. The molecule has 0 spiro atoms. The molecule has 1 fully saturated rings. The van der Waals surface area contributed by atoms with Crippen molar-refractivity contribution in [3.8, 4) is 17.1 Å². The Morgan fingerprint density at radius 1 is 1.32 bits per heavy atom. The first-order valence-corrected chi connectivity index (χ1v) is 7.96. The van der Waals surface area contributed by atoms with Gasteiger partial charge < -0.3 is 9.52 Å². The Bertz CT molecular complexity index is 779. The second-order valence-corrected chi connectivity index (χ2v) is 6.32. The van der Waals surface area contributed by atoms with E-state index in [0.717, 1.165) is 0 Å². The molecule has 6 heteroatoms. The summed E-state index contributed by atoms with van der Waals surface area (Å²) in [6.45, 7) is 2.44. The highest BCUT2D eigenvalue weighted by molar-refractivity contribution is 8.26. The van der Waals surface area contributed by atoms with Gasteiger partial charge in [-0.2, -0.15) is 0 Å². The van der Waals surface area contributed by atoms with Gasteiger partial charge in [-0.05, 0) is 31.2 Å². The van der Waals surface area contributed by atoms with Crippen molar-refractivity contribution in [1.29, 1.82) is 0 Å². The van der Waals surface area contributed by atoms with Crippen LogP contribution in [-0.2, 0) is 4.79 Å². The fourth-order valence-electron chi connectivity index (χ4n) is 2.16. The van der Waals surface area contributed by atoms with Gasteiger partial charge in [-0.1, -0.05) is 36.1 Å². The summed E-state index contributed by atoms with van der Waals surface area (Å²) in [4.78, 5) is 14.3. The number of phenols is 1. The predicted octanol–water partition coefficient (Wildman–Crippen LogP) is 3.87. The van der Waals surface area contributed by atoms with Crippen LogP contribution in [0.3, 0.4) is 0 Å². The number of aromatic hydroxyl groups is 1. The number of benzene rings is 1. The molecule has 2 heterocycles. The van der Waals surface area contributed by atoms with Crippen LogP contribution >= 0.6 is 24.0 Å². The largest absolute Gasteiger partial charge is 0.507 e. The summed E-state index contributed by atoms with van der Waals surface area (Å²) in [6, 6.07) is 10.5. The van der Waals surface area contributed by atoms with Gasteiger partial charge in [-0.3, -0.25) is 9.69 Å². The highest BCUT2D eigenvalue weighted by Crippen LogP contribution is 2.34. The first-order chi connectivity index (χ1) is 10.6. The molecule has 1 amide bonds. The number of rotatable bonds is 3. The van der Waals surface area contributed by atoms with Crippen molar-refractivity contribution in [2.24, 2.45) is 0 Å². The standard InChI is InChI=1S/C16H13NO3S2/c1-2-17-15(19)14(22-16(17)21)9-10-7-8-13(20-10)11-5-3-4-6-12(11)18/h3-9,18H,2H2,1H3/b14-9+. The van der Waals surface area contributed by atoms with E-state index in [2.05, 4.69) is 0 Å². The molecule has 1 aliphatic heterocycles. The molecular weight excluding hydrogens is 318 g/mol. The molecule has 4 nitrogen and oxygen atoms in total. The van der Waals surface area contributed by atoms with Gasteiger partial charge in [0.2, 0.25) is 0 Å². The number of thioether (sulfide) groups is 1. The normalized spacial score (nSPS) is 16.8. The molecule has 3 rings (SSSR count). The van der Waals surface area contributed by atoms with Crippen molar-refractivity contribution in [3.63, 3.8) is 0 Å². The summed E-state index contributed by atoms with van der Waals surface area (Å²) in [7, 11) is 0. The van der Waals surface area contributed by atoms with Gasteiger partial charge in [0.05, 0.1) is 10.5 Å². The molecule has 1 aromatic carbocycles. The number of phenolic OH excluding ortho intramolecular Hbond substituents is 1. The Labute approximate surface area is 137 Å². The van der Waals surface area contributed by atoms with Crippen LogP contribution < -0.4 is 0 Å². The van der Waals surface area contributed by atoms with Crippen molar-refractivity contribution in [1.82, 2.24) is 4.90 Å². The first-order valence-electron chi connectivity index (χ1n) is 6.73. The molecule has 0 unspecified atom stereocenters. The number of para-hydroxylation sites is 1. The zero-order valence-electron chi connectivity index (χ0n) is 11.8. The van der Waals surface area contributed by atoms with Gasteiger partial charge >= 0.3 is 0 Å². The van der Waals surface area contributed by atoms with Gasteiger partial charge in [-0.15, -0.1) is 0 Å². The quantitative estimate of drug-likeness (QED) is 0.683. The Morgan fingerprint density at radius 2 is 2.09 bits per heavy atom. The van der Waals surface area contributed by atoms with E-state index in [1.165, 1.54) is 11.8 Å². The van der Waals surface area contributed by atoms with Crippen LogP contribution in [0.25, 0.3) is 17.4 Å². The Kier molecular flexibility index (Phi) is 4.04. The lowest BCUT2D eigenvalue weighted by atomic mass is 10.1. The third kappa shape index (κ3) is 2.67. The highest BCUT2D eigenvalue weighted by Gasteiger charge is 2.30. The average molecular weight is 331 g/mol. The molecule has 1 aliphatic rings. The summed E-state index contributed by atoms with van der Waals surface area (Å²) < 4.78 is 6.26. The van der Waals surface area contributed by atoms with Crippen LogP contribution in [0.5, 0.6) is 5.75 Å². The summed E-state index contributed by atoms with van der Waals surface area (Å²) in [5.74, 6) is 1.16. The van der Waals surface area contributed by atoms with Crippen molar-refractivity contribution in [2.45, 2.75) is 6.92 Å². The first kappa shape index (κ1) is 14.9. The Balaban J connectivity index is 1.90. The molecule has 0 bridgehead atoms. The van der Waals surface area contributed by atoms with Gasteiger partial charge in [0.15, 0.2) is 0 Å². The van der Waals surface area contributed by atoms with E-state index in [-0.39, 0.29) is 11.7 Å².